The molecule has 0 saturated heterocycles. The number of hydrogen-bond donors (Lipinski definition) is 2. The second kappa shape index (κ2) is 8.12. The first-order valence-corrected chi connectivity index (χ1v) is 8.64. The molecule has 0 heterocycles. The summed E-state index contributed by atoms with van der Waals surface area (Å²) in [5, 5.41) is 10.7. The fraction of sp³-hybridized carbons (Fsp3) is 0.538. The molecule has 7 nitrogen and oxygen atoms in total. The molecule has 0 aromatic heterocycles. The van der Waals surface area contributed by atoms with E-state index in [-0.39, 0.29) is 17.6 Å². The number of hydrogen-bond acceptors (Lipinski definition) is 5. The first-order valence-electron chi connectivity index (χ1n) is 6.88. The molecule has 8 heteroatoms. The molecule has 0 spiro atoms. The average molecular weight is 316 g/mol. The van der Waals surface area contributed by atoms with Gasteiger partial charge in [0.2, 0.25) is 0 Å². The zero-order chi connectivity index (χ0) is 15.9. The van der Waals surface area contributed by atoms with Crippen LogP contribution in [0.4, 0.5) is 5.69 Å². The van der Waals surface area contributed by atoms with Crippen LogP contribution in [0.15, 0.2) is 18.2 Å². The molecule has 3 N–H and O–H groups in total. The number of nitro groups is 1. The monoisotopic (exact) mass is 316 g/mol. The summed E-state index contributed by atoms with van der Waals surface area (Å²) in [6, 6.07) is 4.01. The van der Waals surface area contributed by atoms with Gasteiger partial charge in [0.25, 0.3) is 5.69 Å². The molecule has 118 valence electrons. The summed E-state index contributed by atoms with van der Waals surface area (Å²) >= 11 is 0. The number of unbranched alkanes of at least 4 members (excludes halogenated alkanes) is 2. The van der Waals surface area contributed by atoms with Crippen molar-refractivity contribution < 1.29 is 18.9 Å². The van der Waals surface area contributed by atoms with Crippen LogP contribution in [0.5, 0.6) is 5.75 Å². The first-order chi connectivity index (χ1) is 9.89. The van der Waals surface area contributed by atoms with Crippen molar-refractivity contribution in [3.05, 3.63) is 33.9 Å². The Labute approximate surface area is 123 Å². The van der Waals surface area contributed by atoms with E-state index < -0.39 is 12.5 Å². The molecule has 0 aliphatic carbocycles. The van der Waals surface area contributed by atoms with E-state index >= 15 is 0 Å². The minimum atomic E-state index is -3.74. The third-order valence-electron chi connectivity index (χ3n) is 3.02. The highest BCUT2D eigenvalue weighted by Gasteiger charge is 2.22. The van der Waals surface area contributed by atoms with Crippen LogP contribution in [0.25, 0.3) is 0 Å². The summed E-state index contributed by atoms with van der Waals surface area (Å²) in [6.07, 6.45) is 2.65. The second-order valence-electron chi connectivity index (χ2n) is 4.70. The molecule has 1 aromatic rings. The highest BCUT2D eigenvalue weighted by atomic mass is 31.2. The number of aryl methyl sites for hydroxylation is 1. The predicted molar refractivity (Wildman–Crippen MR) is 80.7 cm³/mol. The van der Waals surface area contributed by atoms with Crippen LogP contribution in [0.1, 0.15) is 31.7 Å². The van der Waals surface area contributed by atoms with Crippen molar-refractivity contribution in [1.29, 1.82) is 0 Å². The van der Waals surface area contributed by atoms with Crippen molar-refractivity contribution in [1.82, 2.24) is 0 Å². The lowest BCUT2D eigenvalue weighted by atomic mass is 10.1. The van der Waals surface area contributed by atoms with Gasteiger partial charge in [-0.05, 0) is 31.9 Å². The normalized spacial score (nSPS) is 13.7. The van der Waals surface area contributed by atoms with Gasteiger partial charge in [-0.15, -0.1) is 0 Å². The lowest BCUT2D eigenvalue weighted by Crippen LogP contribution is -2.02. The number of nitrogens with zero attached hydrogens (tertiary/aromatic N) is 1. The summed E-state index contributed by atoms with van der Waals surface area (Å²) in [6.45, 7) is 2.36. The van der Waals surface area contributed by atoms with Crippen LogP contribution in [0, 0.1) is 10.1 Å². The van der Waals surface area contributed by atoms with E-state index in [0.29, 0.717) is 24.9 Å². The molecule has 0 amide bonds. The van der Waals surface area contributed by atoms with Gasteiger partial charge in [0.05, 0.1) is 11.1 Å². The first kappa shape index (κ1) is 17.6. The van der Waals surface area contributed by atoms with Crippen LogP contribution in [0.2, 0.25) is 0 Å². The van der Waals surface area contributed by atoms with E-state index in [4.69, 9.17) is 10.3 Å². The van der Waals surface area contributed by atoms with Gasteiger partial charge >= 0.3 is 7.60 Å². The second-order valence-corrected chi connectivity index (χ2v) is 6.61. The van der Waals surface area contributed by atoms with Crippen LogP contribution in [-0.2, 0) is 11.0 Å². The molecule has 1 atom stereocenters. The maximum atomic E-state index is 12.0. The third-order valence-corrected chi connectivity index (χ3v) is 4.38. The van der Waals surface area contributed by atoms with E-state index in [2.05, 4.69) is 0 Å². The Kier molecular flexibility index (Phi) is 6.81. The van der Waals surface area contributed by atoms with E-state index in [0.717, 1.165) is 12.8 Å². The fourth-order valence-corrected chi connectivity index (χ4v) is 3.08. The molecule has 0 aliphatic rings. The van der Waals surface area contributed by atoms with Crippen molar-refractivity contribution in [2.45, 2.75) is 32.6 Å². The lowest BCUT2D eigenvalue weighted by Gasteiger charge is -2.15. The minimum absolute atomic E-state index is 0.0488. The van der Waals surface area contributed by atoms with Crippen molar-refractivity contribution >= 4 is 13.3 Å². The largest absolute Gasteiger partial charge is 0.424 e. The highest BCUT2D eigenvalue weighted by molar-refractivity contribution is 7.53. The highest BCUT2D eigenvalue weighted by Crippen LogP contribution is 2.45. The quantitative estimate of drug-likeness (QED) is 0.313. The van der Waals surface area contributed by atoms with Crippen LogP contribution < -0.4 is 10.3 Å². The predicted octanol–water partition coefficient (Wildman–Crippen LogP) is 2.85. The molecule has 0 radical (unpaired) electrons. The molecule has 0 bridgehead atoms. The molecule has 1 unspecified atom stereocenters. The van der Waals surface area contributed by atoms with E-state index in [9.17, 15) is 19.6 Å². The van der Waals surface area contributed by atoms with Crippen LogP contribution in [-0.4, -0.2) is 22.5 Å². The SMILES string of the molecule is CCc1cc([N+](=O)[O-])ccc1OP(=O)(O)CCCCCN. The Morgan fingerprint density at radius 2 is 2.10 bits per heavy atom. The van der Waals surface area contributed by atoms with Gasteiger partial charge in [-0.25, -0.2) is 4.57 Å². The van der Waals surface area contributed by atoms with Crippen LogP contribution in [0.3, 0.4) is 0 Å². The molecular formula is C13H21N2O5P. The molecule has 1 rings (SSSR count). The Bertz CT molecular complexity index is 535. The van der Waals surface area contributed by atoms with Crippen LogP contribution >= 0.6 is 7.60 Å². The van der Waals surface area contributed by atoms with Gasteiger partial charge in [-0.1, -0.05) is 13.3 Å². The maximum Gasteiger partial charge on any atom is 0.376 e. The standard InChI is InChI=1S/C13H21N2O5P/c1-2-11-10-12(15(16)17)6-7-13(11)20-21(18,19)9-5-3-4-8-14/h6-7,10H,2-5,8-9,14H2,1H3,(H,18,19). The zero-order valence-electron chi connectivity index (χ0n) is 12.0. The summed E-state index contributed by atoms with van der Waals surface area (Å²) in [5.74, 6) is 0.229. The summed E-state index contributed by atoms with van der Waals surface area (Å²) in [5.41, 5.74) is 5.84. The molecular weight excluding hydrogens is 295 g/mol. The zero-order valence-corrected chi connectivity index (χ0v) is 12.9. The maximum absolute atomic E-state index is 12.0. The Hall–Kier alpha value is -1.43. The summed E-state index contributed by atoms with van der Waals surface area (Å²) in [4.78, 5) is 20.0. The van der Waals surface area contributed by atoms with Crippen molar-refractivity contribution in [2.24, 2.45) is 5.73 Å². The van der Waals surface area contributed by atoms with Crippen molar-refractivity contribution in [2.75, 3.05) is 12.7 Å². The van der Waals surface area contributed by atoms with E-state index in [1.165, 1.54) is 18.2 Å². The van der Waals surface area contributed by atoms with Crippen molar-refractivity contribution in [3.8, 4) is 5.75 Å². The minimum Gasteiger partial charge on any atom is -0.424 e. The van der Waals surface area contributed by atoms with Gasteiger partial charge in [-0.3, -0.25) is 10.1 Å². The topological polar surface area (TPSA) is 116 Å². The number of benzene rings is 1. The summed E-state index contributed by atoms with van der Waals surface area (Å²) in [7, 11) is -3.74. The molecule has 0 fully saturated rings. The van der Waals surface area contributed by atoms with Gasteiger partial charge < -0.3 is 15.2 Å². The van der Waals surface area contributed by atoms with Gasteiger partial charge in [0.1, 0.15) is 5.75 Å². The number of nitro benzene ring substituents is 1. The lowest BCUT2D eigenvalue weighted by molar-refractivity contribution is -0.384. The Morgan fingerprint density at radius 3 is 2.67 bits per heavy atom. The average Bonchev–Trinajstić information content (AvgIpc) is 2.43. The number of rotatable bonds is 9. The van der Waals surface area contributed by atoms with Gasteiger partial charge in [0, 0.05) is 17.7 Å². The number of non-ortho nitro benzene ring substituents is 1. The third kappa shape index (κ3) is 5.83. The smallest absolute Gasteiger partial charge is 0.376 e. The fourth-order valence-electron chi connectivity index (χ4n) is 1.88. The van der Waals surface area contributed by atoms with E-state index in [1.54, 1.807) is 6.92 Å². The summed E-state index contributed by atoms with van der Waals surface area (Å²) < 4.78 is 17.2. The van der Waals surface area contributed by atoms with Gasteiger partial charge in [-0.2, -0.15) is 0 Å². The molecule has 0 saturated carbocycles. The molecule has 0 aliphatic heterocycles. The van der Waals surface area contributed by atoms with Crippen molar-refractivity contribution in [3.63, 3.8) is 0 Å². The molecule has 21 heavy (non-hydrogen) atoms. The number of nitrogens with two attached hydrogens (primary N) is 1. The Morgan fingerprint density at radius 1 is 1.38 bits per heavy atom. The Balaban J connectivity index is 2.76. The van der Waals surface area contributed by atoms with E-state index in [1.807, 2.05) is 0 Å². The molecule has 1 aromatic carbocycles. The van der Waals surface area contributed by atoms with Gasteiger partial charge in [0.15, 0.2) is 0 Å².